The molecular weight excluding hydrogens is 264 g/mol. The molecular formula is C17H26N2O2. The second-order valence-electron chi connectivity index (χ2n) is 6.07. The van der Waals surface area contributed by atoms with E-state index in [1.54, 1.807) is 17.0 Å². The Hall–Kier alpha value is -1.55. The average molecular weight is 290 g/mol. The van der Waals surface area contributed by atoms with E-state index < -0.39 is 5.41 Å². The van der Waals surface area contributed by atoms with Crippen molar-refractivity contribution in [1.29, 1.82) is 0 Å². The van der Waals surface area contributed by atoms with Crippen molar-refractivity contribution < 1.29 is 9.90 Å². The summed E-state index contributed by atoms with van der Waals surface area (Å²) in [4.78, 5) is 14.9. The number of carbonyl (C=O) groups is 1. The van der Waals surface area contributed by atoms with Crippen LogP contribution in [0.5, 0.6) is 5.75 Å². The summed E-state index contributed by atoms with van der Waals surface area (Å²) in [5, 5.41) is 9.73. The summed E-state index contributed by atoms with van der Waals surface area (Å²) in [5.74, 6) is 0.299. The maximum atomic E-state index is 13.1. The normalized spacial score (nSPS) is 17.5. The number of carbonyl (C=O) groups excluding carboxylic acids is 1. The highest BCUT2D eigenvalue weighted by Crippen LogP contribution is 2.39. The van der Waals surface area contributed by atoms with Crippen LogP contribution in [0.25, 0.3) is 0 Å². The molecule has 1 aliphatic rings. The van der Waals surface area contributed by atoms with Crippen molar-refractivity contribution in [2.75, 3.05) is 18.0 Å². The molecule has 0 heterocycles. The van der Waals surface area contributed by atoms with E-state index in [4.69, 9.17) is 5.73 Å². The van der Waals surface area contributed by atoms with Crippen LogP contribution in [0.1, 0.15) is 44.6 Å². The van der Waals surface area contributed by atoms with E-state index in [0.717, 1.165) is 36.9 Å². The van der Waals surface area contributed by atoms with E-state index in [9.17, 15) is 9.90 Å². The number of hydrogen-bond donors (Lipinski definition) is 2. The van der Waals surface area contributed by atoms with Gasteiger partial charge in [-0.25, -0.2) is 0 Å². The number of aromatic hydroxyl groups is 1. The fraction of sp³-hybridized carbons (Fsp3) is 0.588. The van der Waals surface area contributed by atoms with Gasteiger partial charge in [0.2, 0.25) is 5.91 Å². The van der Waals surface area contributed by atoms with Gasteiger partial charge in [0.05, 0.1) is 11.1 Å². The van der Waals surface area contributed by atoms with Crippen molar-refractivity contribution >= 4 is 11.6 Å². The number of amides is 1. The molecule has 0 radical (unpaired) electrons. The smallest absolute Gasteiger partial charge is 0.234 e. The molecule has 0 spiro atoms. The third-order valence-corrected chi connectivity index (χ3v) is 4.70. The number of nitrogens with two attached hydrogens (primary N) is 1. The van der Waals surface area contributed by atoms with Gasteiger partial charge >= 0.3 is 0 Å². The van der Waals surface area contributed by atoms with E-state index >= 15 is 0 Å². The largest absolute Gasteiger partial charge is 0.508 e. The number of aryl methyl sites for hydroxylation is 1. The van der Waals surface area contributed by atoms with Crippen LogP contribution in [-0.2, 0) is 4.79 Å². The van der Waals surface area contributed by atoms with Gasteiger partial charge in [-0.15, -0.1) is 0 Å². The van der Waals surface area contributed by atoms with E-state index in [1.807, 2.05) is 19.9 Å². The number of anilines is 1. The van der Waals surface area contributed by atoms with Crippen LogP contribution in [0.4, 0.5) is 5.69 Å². The fourth-order valence-electron chi connectivity index (χ4n) is 3.33. The van der Waals surface area contributed by atoms with Crippen LogP contribution in [0, 0.1) is 12.3 Å². The topological polar surface area (TPSA) is 66.6 Å². The maximum Gasteiger partial charge on any atom is 0.234 e. The number of phenols is 1. The highest BCUT2D eigenvalue weighted by Gasteiger charge is 2.41. The predicted molar refractivity (Wildman–Crippen MR) is 85.4 cm³/mol. The van der Waals surface area contributed by atoms with Gasteiger partial charge in [0.1, 0.15) is 5.75 Å². The van der Waals surface area contributed by atoms with Crippen molar-refractivity contribution in [3.63, 3.8) is 0 Å². The van der Waals surface area contributed by atoms with Gasteiger partial charge in [-0.05, 0) is 38.3 Å². The molecule has 0 unspecified atom stereocenters. The Bertz CT molecular complexity index is 508. The van der Waals surface area contributed by atoms with Gasteiger partial charge in [-0.2, -0.15) is 0 Å². The Morgan fingerprint density at radius 1 is 1.33 bits per heavy atom. The van der Waals surface area contributed by atoms with Crippen molar-refractivity contribution in [1.82, 2.24) is 0 Å². The van der Waals surface area contributed by atoms with Crippen molar-refractivity contribution in [3.8, 4) is 5.75 Å². The zero-order valence-electron chi connectivity index (χ0n) is 13.1. The number of rotatable bonds is 4. The van der Waals surface area contributed by atoms with Gasteiger partial charge in [-0.1, -0.05) is 25.3 Å². The van der Waals surface area contributed by atoms with Crippen LogP contribution < -0.4 is 10.6 Å². The lowest BCUT2D eigenvalue weighted by Gasteiger charge is -2.39. The molecule has 116 valence electrons. The minimum absolute atomic E-state index is 0.112. The Labute approximate surface area is 126 Å². The molecule has 0 bridgehead atoms. The Balaban J connectivity index is 2.35. The van der Waals surface area contributed by atoms with Gasteiger partial charge in [0, 0.05) is 19.2 Å². The quantitative estimate of drug-likeness (QED) is 0.896. The molecule has 4 nitrogen and oxygen atoms in total. The average Bonchev–Trinajstić information content (AvgIpc) is 2.52. The summed E-state index contributed by atoms with van der Waals surface area (Å²) < 4.78 is 0. The third kappa shape index (κ3) is 3.05. The second-order valence-corrected chi connectivity index (χ2v) is 6.07. The van der Waals surface area contributed by atoms with E-state index in [0.29, 0.717) is 13.1 Å². The number of nitrogens with zero attached hydrogens (tertiary/aromatic N) is 1. The minimum Gasteiger partial charge on any atom is -0.508 e. The molecule has 21 heavy (non-hydrogen) atoms. The minimum atomic E-state index is -0.424. The molecule has 1 amide bonds. The molecule has 0 atom stereocenters. The van der Waals surface area contributed by atoms with Gasteiger partial charge in [0.15, 0.2) is 0 Å². The molecule has 1 aromatic rings. The molecule has 4 heteroatoms. The summed E-state index contributed by atoms with van der Waals surface area (Å²) in [5.41, 5.74) is 7.34. The first-order valence-corrected chi connectivity index (χ1v) is 7.86. The van der Waals surface area contributed by atoms with E-state index in [2.05, 4.69) is 0 Å². The van der Waals surface area contributed by atoms with Gasteiger partial charge < -0.3 is 15.7 Å². The monoisotopic (exact) mass is 290 g/mol. The standard InChI is InChI=1S/C17H26N2O2/c1-3-19(15-11-14(20)8-7-13(15)2)16(21)17(12-18)9-5-4-6-10-17/h7-8,11,20H,3-6,9-10,12,18H2,1-2H3. The lowest BCUT2D eigenvalue weighted by molar-refractivity contribution is -0.129. The predicted octanol–water partition coefficient (Wildman–Crippen LogP) is 2.96. The van der Waals surface area contributed by atoms with E-state index in [-0.39, 0.29) is 11.7 Å². The summed E-state index contributed by atoms with van der Waals surface area (Å²) in [6, 6.07) is 5.16. The van der Waals surface area contributed by atoms with Gasteiger partial charge in [-0.3, -0.25) is 4.79 Å². The van der Waals surface area contributed by atoms with Crippen molar-refractivity contribution in [2.45, 2.75) is 46.0 Å². The highest BCUT2D eigenvalue weighted by atomic mass is 16.3. The molecule has 0 saturated heterocycles. The third-order valence-electron chi connectivity index (χ3n) is 4.70. The summed E-state index contributed by atoms with van der Waals surface area (Å²) in [6.45, 7) is 4.92. The molecule has 2 rings (SSSR count). The van der Waals surface area contributed by atoms with Crippen molar-refractivity contribution in [3.05, 3.63) is 23.8 Å². The molecule has 1 fully saturated rings. The van der Waals surface area contributed by atoms with Crippen LogP contribution >= 0.6 is 0 Å². The lowest BCUT2D eigenvalue weighted by atomic mass is 9.73. The molecule has 0 aromatic heterocycles. The van der Waals surface area contributed by atoms with Crippen LogP contribution in [-0.4, -0.2) is 24.1 Å². The van der Waals surface area contributed by atoms with Crippen LogP contribution in [0.2, 0.25) is 0 Å². The first-order chi connectivity index (χ1) is 10.0. The molecule has 3 N–H and O–H groups in total. The SMILES string of the molecule is CCN(C(=O)C1(CN)CCCCC1)c1cc(O)ccc1C. The molecule has 1 saturated carbocycles. The summed E-state index contributed by atoms with van der Waals surface area (Å²) in [7, 11) is 0. The zero-order chi connectivity index (χ0) is 15.5. The lowest BCUT2D eigenvalue weighted by Crippen LogP contribution is -2.49. The molecule has 1 aliphatic carbocycles. The summed E-state index contributed by atoms with van der Waals surface area (Å²) >= 11 is 0. The van der Waals surface area contributed by atoms with Crippen LogP contribution in [0.15, 0.2) is 18.2 Å². The number of phenolic OH excluding ortho intramolecular Hbond substituents is 1. The summed E-state index contributed by atoms with van der Waals surface area (Å²) in [6.07, 6.45) is 5.07. The second kappa shape index (κ2) is 6.48. The Kier molecular flexibility index (Phi) is 4.88. The fourth-order valence-corrected chi connectivity index (χ4v) is 3.33. The highest BCUT2D eigenvalue weighted by molar-refractivity contribution is 5.98. The van der Waals surface area contributed by atoms with Crippen molar-refractivity contribution in [2.24, 2.45) is 11.1 Å². The first-order valence-electron chi connectivity index (χ1n) is 7.86. The first kappa shape index (κ1) is 15.8. The number of benzene rings is 1. The number of hydrogen-bond acceptors (Lipinski definition) is 3. The molecule has 1 aromatic carbocycles. The Morgan fingerprint density at radius 3 is 2.57 bits per heavy atom. The van der Waals surface area contributed by atoms with Gasteiger partial charge in [0.25, 0.3) is 0 Å². The maximum absolute atomic E-state index is 13.1. The zero-order valence-corrected chi connectivity index (χ0v) is 13.1. The van der Waals surface area contributed by atoms with Crippen LogP contribution in [0.3, 0.4) is 0 Å². The Morgan fingerprint density at radius 2 is 2.00 bits per heavy atom. The van der Waals surface area contributed by atoms with E-state index in [1.165, 1.54) is 6.42 Å². The molecule has 0 aliphatic heterocycles.